The molecule has 1 amide bonds. The van der Waals surface area contributed by atoms with E-state index in [-0.39, 0.29) is 18.1 Å². The van der Waals surface area contributed by atoms with Crippen molar-refractivity contribution < 1.29 is 13.9 Å². The maximum Gasteiger partial charge on any atom is 0.230 e. The van der Waals surface area contributed by atoms with Gasteiger partial charge in [0.15, 0.2) is 5.13 Å². The highest BCUT2D eigenvalue weighted by molar-refractivity contribution is 7.22. The van der Waals surface area contributed by atoms with E-state index in [1.807, 2.05) is 24.3 Å². The zero-order valence-corrected chi connectivity index (χ0v) is 12.6. The second kappa shape index (κ2) is 6.11. The van der Waals surface area contributed by atoms with E-state index in [2.05, 4.69) is 10.3 Å². The van der Waals surface area contributed by atoms with Crippen LogP contribution in [0.3, 0.4) is 0 Å². The molecule has 0 saturated carbocycles. The number of methoxy groups -OCH3 is 1. The quantitative estimate of drug-likeness (QED) is 0.800. The maximum absolute atomic E-state index is 13.1. The first-order valence-corrected chi connectivity index (χ1v) is 7.44. The number of rotatable bonds is 4. The fourth-order valence-electron chi connectivity index (χ4n) is 2.08. The zero-order chi connectivity index (χ0) is 15.5. The number of hydrogen-bond acceptors (Lipinski definition) is 4. The Morgan fingerprint density at radius 2 is 2.18 bits per heavy atom. The summed E-state index contributed by atoms with van der Waals surface area (Å²) >= 11 is 1.25. The number of nitrogens with one attached hydrogen (secondary N) is 1. The van der Waals surface area contributed by atoms with Gasteiger partial charge in [-0.05, 0) is 35.9 Å². The summed E-state index contributed by atoms with van der Waals surface area (Å²) in [6.07, 6.45) is 0.224. The minimum Gasteiger partial charge on any atom is -0.497 e. The molecule has 0 fully saturated rings. The van der Waals surface area contributed by atoms with Crippen molar-refractivity contribution in [1.29, 1.82) is 0 Å². The number of carbonyl (C=O) groups excluding carboxylic acids is 1. The number of fused-ring (bicyclic) bond motifs is 1. The van der Waals surface area contributed by atoms with E-state index >= 15 is 0 Å². The Balaban J connectivity index is 1.72. The molecule has 0 spiro atoms. The first kappa shape index (κ1) is 14.5. The van der Waals surface area contributed by atoms with Gasteiger partial charge < -0.3 is 10.1 Å². The molecule has 0 radical (unpaired) electrons. The second-order valence-electron chi connectivity index (χ2n) is 4.71. The summed E-state index contributed by atoms with van der Waals surface area (Å²) in [5, 5.41) is 3.21. The Hall–Kier alpha value is -2.47. The van der Waals surface area contributed by atoms with E-state index in [1.54, 1.807) is 13.2 Å². The topological polar surface area (TPSA) is 51.2 Å². The van der Waals surface area contributed by atoms with Gasteiger partial charge in [0.05, 0.1) is 23.7 Å². The molecule has 2 aromatic carbocycles. The third-order valence-electron chi connectivity index (χ3n) is 3.10. The predicted octanol–water partition coefficient (Wildman–Crippen LogP) is 3.63. The molecule has 3 aromatic rings. The Bertz CT molecular complexity index is 832. The summed E-state index contributed by atoms with van der Waals surface area (Å²) in [6.45, 7) is 0. The first-order valence-electron chi connectivity index (χ1n) is 6.63. The highest BCUT2D eigenvalue weighted by Gasteiger charge is 2.09. The molecule has 6 heteroatoms. The van der Waals surface area contributed by atoms with E-state index < -0.39 is 0 Å². The molecule has 0 aliphatic heterocycles. The molecular formula is C16H13FN2O2S. The van der Waals surface area contributed by atoms with Crippen molar-refractivity contribution >= 4 is 32.6 Å². The summed E-state index contributed by atoms with van der Waals surface area (Å²) < 4.78 is 19.0. The van der Waals surface area contributed by atoms with Crippen LogP contribution in [-0.2, 0) is 11.2 Å². The molecule has 0 unspecified atom stereocenters. The van der Waals surface area contributed by atoms with Gasteiger partial charge in [-0.25, -0.2) is 9.37 Å². The van der Waals surface area contributed by atoms with Gasteiger partial charge in [-0.2, -0.15) is 0 Å². The Morgan fingerprint density at radius 1 is 1.32 bits per heavy atom. The molecule has 0 aliphatic rings. The van der Waals surface area contributed by atoms with Crippen LogP contribution < -0.4 is 10.1 Å². The van der Waals surface area contributed by atoms with Crippen LogP contribution in [0.4, 0.5) is 9.52 Å². The number of amides is 1. The molecule has 0 bridgehead atoms. The number of benzene rings is 2. The number of halogens is 1. The number of carbonyl (C=O) groups is 1. The molecule has 1 N–H and O–H groups in total. The van der Waals surface area contributed by atoms with Gasteiger partial charge >= 0.3 is 0 Å². The van der Waals surface area contributed by atoms with Gasteiger partial charge in [0.1, 0.15) is 11.6 Å². The molecule has 0 atom stereocenters. The molecule has 0 saturated heterocycles. The van der Waals surface area contributed by atoms with Gasteiger partial charge in [-0.3, -0.25) is 4.79 Å². The molecule has 112 valence electrons. The molecule has 4 nitrogen and oxygen atoms in total. The molecule has 22 heavy (non-hydrogen) atoms. The van der Waals surface area contributed by atoms with E-state index in [4.69, 9.17) is 4.74 Å². The van der Waals surface area contributed by atoms with Gasteiger partial charge in [-0.1, -0.05) is 23.5 Å². The van der Waals surface area contributed by atoms with Crippen molar-refractivity contribution in [2.45, 2.75) is 6.42 Å². The fourth-order valence-corrected chi connectivity index (χ4v) is 2.99. The SMILES string of the molecule is COc1cccc(CC(=O)Nc2nc3ccc(F)cc3s2)c1. The Morgan fingerprint density at radius 3 is 3.00 bits per heavy atom. The van der Waals surface area contributed by atoms with Crippen molar-refractivity contribution in [3.63, 3.8) is 0 Å². The lowest BCUT2D eigenvalue weighted by molar-refractivity contribution is -0.115. The summed E-state index contributed by atoms with van der Waals surface area (Å²) in [6, 6.07) is 11.7. The summed E-state index contributed by atoms with van der Waals surface area (Å²) in [7, 11) is 1.58. The number of hydrogen-bond donors (Lipinski definition) is 1. The van der Waals surface area contributed by atoms with Crippen molar-refractivity contribution in [2.75, 3.05) is 12.4 Å². The maximum atomic E-state index is 13.1. The number of nitrogens with zero attached hydrogens (tertiary/aromatic N) is 1. The smallest absolute Gasteiger partial charge is 0.230 e. The minimum absolute atomic E-state index is 0.173. The fraction of sp³-hybridized carbons (Fsp3) is 0.125. The molecular weight excluding hydrogens is 303 g/mol. The van der Waals surface area contributed by atoms with Crippen molar-refractivity contribution in [3.05, 3.63) is 53.8 Å². The Kier molecular flexibility index (Phi) is 4.02. The second-order valence-corrected chi connectivity index (χ2v) is 5.74. The average Bonchev–Trinajstić information content (AvgIpc) is 2.88. The standard InChI is InChI=1S/C16H13FN2O2S/c1-21-12-4-2-3-10(7-12)8-15(20)19-16-18-13-6-5-11(17)9-14(13)22-16/h2-7,9H,8H2,1H3,(H,18,19,20). The van der Waals surface area contributed by atoms with Crippen LogP contribution in [0.5, 0.6) is 5.75 Å². The lowest BCUT2D eigenvalue weighted by atomic mass is 10.1. The predicted molar refractivity (Wildman–Crippen MR) is 84.9 cm³/mol. The van der Waals surface area contributed by atoms with Crippen LogP contribution in [0.15, 0.2) is 42.5 Å². The molecule has 1 aromatic heterocycles. The lowest BCUT2D eigenvalue weighted by Crippen LogP contribution is -2.14. The highest BCUT2D eigenvalue weighted by Crippen LogP contribution is 2.26. The molecule has 1 heterocycles. The summed E-state index contributed by atoms with van der Waals surface area (Å²) in [5.74, 6) is 0.221. The van der Waals surface area contributed by atoms with E-state index in [0.717, 1.165) is 5.56 Å². The van der Waals surface area contributed by atoms with Crippen LogP contribution >= 0.6 is 11.3 Å². The zero-order valence-electron chi connectivity index (χ0n) is 11.8. The first-order chi connectivity index (χ1) is 10.6. The highest BCUT2D eigenvalue weighted by atomic mass is 32.1. The van der Waals surface area contributed by atoms with Gasteiger partial charge in [0.25, 0.3) is 0 Å². The number of ether oxygens (including phenoxy) is 1. The average molecular weight is 316 g/mol. The van der Waals surface area contributed by atoms with E-state index in [9.17, 15) is 9.18 Å². The van der Waals surface area contributed by atoms with Crippen molar-refractivity contribution in [1.82, 2.24) is 4.98 Å². The van der Waals surface area contributed by atoms with Crippen LogP contribution in [0.1, 0.15) is 5.56 Å². The lowest BCUT2D eigenvalue weighted by Gasteiger charge is -2.04. The van der Waals surface area contributed by atoms with Crippen LogP contribution in [0.2, 0.25) is 0 Å². The van der Waals surface area contributed by atoms with Crippen LogP contribution in [0.25, 0.3) is 10.2 Å². The monoisotopic (exact) mass is 316 g/mol. The third kappa shape index (κ3) is 3.23. The van der Waals surface area contributed by atoms with E-state index in [0.29, 0.717) is 21.1 Å². The number of thiazole rings is 1. The number of anilines is 1. The van der Waals surface area contributed by atoms with E-state index in [1.165, 1.54) is 23.5 Å². The van der Waals surface area contributed by atoms with Crippen LogP contribution in [0, 0.1) is 5.82 Å². The Labute approximate surface area is 130 Å². The number of aromatic nitrogens is 1. The van der Waals surface area contributed by atoms with Gasteiger partial charge in [-0.15, -0.1) is 0 Å². The summed E-state index contributed by atoms with van der Waals surface area (Å²) in [5.41, 5.74) is 1.52. The van der Waals surface area contributed by atoms with Gasteiger partial charge in [0.2, 0.25) is 5.91 Å². The van der Waals surface area contributed by atoms with Gasteiger partial charge in [0, 0.05) is 0 Å². The molecule has 0 aliphatic carbocycles. The summed E-state index contributed by atoms with van der Waals surface area (Å²) in [4.78, 5) is 16.3. The van der Waals surface area contributed by atoms with Crippen molar-refractivity contribution in [2.24, 2.45) is 0 Å². The normalized spacial score (nSPS) is 10.6. The minimum atomic E-state index is -0.314. The largest absolute Gasteiger partial charge is 0.497 e. The third-order valence-corrected chi connectivity index (χ3v) is 4.03. The van der Waals surface area contributed by atoms with Crippen LogP contribution in [-0.4, -0.2) is 18.0 Å². The van der Waals surface area contributed by atoms with Crippen molar-refractivity contribution in [3.8, 4) is 5.75 Å². The molecule has 3 rings (SSSR count).